The molecule has 2 aromatic carbocycles. The number of anilines is 1. The van der Waals surface area contributed by atoms with Crippen LogP contribution in [0.2, 0.25) is 10.0 Å². The molecule has 2 aromatic rings. The molecule has 32 heavy (non-hydrogen) atoms. The van der Waals surface area contributed by atoms with Crippen molar-refractivity contribution in [2.24, 2.45) is 0 Å². The number of hydrogen-bond acceptors (Lipinski definition) is 3. The first-order valence-corrected chi connectivity index (χ1v) is 12.3. The Hall–Kier alpha value is -1.91. The molecule has 0 N–H and O–H groups in total. The Kier molecular flexibility index (Phi) is 5.58. The fourth-order valence-corrected chi connectivity index (χ4v) is 6.09. The number of fused-ring (bicyclic) bond motifs is 3. The quantitative estimate of drug-likeness (QED) is 0.451. The van der Waals surface area contributed by atoms with E-state index >= 15 is 0 Å². The highest BCUT2D eigenvalue weighted by molar-refractivity contribution is 6.36. The largest absolute Gasteiger partial charge is 0.444 e. The molecule has 170 valence electrons. The number of amides is 1. The Morgan fingerprint density at radius 2 is 1.91 bits per heavy atom. The molecule has 2 atom stereocenters. The third-order valence-corrected chi connectivity index (χ3v) is 7.42. The van der Waals surface area contributed by atoms with Gasteiger partial charge in [0, 0.05) is 52.9 Å². The normalized spacial score (nSPS) is 22.3. The number of rotatable bonds is 1. The first-order chi connectivity index (χ1) is 15.2. The van der Waals surface area contributed by atoms with Crippen LogP contribution in [0.4, 0.5) is 10.5 Å². The molecule has 1 amide bonds. The highest BCUT2D eigenvalue weighted by atomic mass is 35.5. The Morgan fingerprint density at radius 1 is 1.09 bits per heavy atom. The van der Waals surface area contributed by atoms with E-state index in [-0.39, 0.29) is 12.0 Å². The molecular formula is C26H30Cl2N2O2. The molecule has 6 heteroatoms. The Labute approximate surface area is 200 Å². The zero-order valence-corrected chi connectivity index (χ0v) is 20.5. The fourth-order valence-electron chi connectivity index (χ4n) is 5.57. The van der Waals surface area contributed by atoms with E-state index in [1.807, 2.05) is 43.9 Å². The van der Waals surface area contributed by atoms with Crippen LogP contribution in [0.15, 0.2) is 30.3 Å². The number of aryl methyl sites for hydroxylation is 1. The minimum absolute atomic E-state index is 0.208. The van der Waals surface area contributed by atoms with Crippen molar-refractivity contribution in [2.45, 2.75) is 64.0 Å². The molecule has 3 heterocycles. The number of likely N-dealkylation sites (tertiary alicyclic amines) is 1. The number of nitrogens with zero attached hydrogens (tertiary/aromatic N) is 2. The molecule has 0 aromatic heterocycles. The van der Waals surface area contributed by atoms with Crippen LogP contribution in [0.1, 0.15) is 57.1 Å². The number of piperidine rings is 1. The second-order valence-electron chi connectivity index (χ2n) is 10.2. The first kappa shape index (κ1) is 21.9. The van der Waals surface area contributed by atoms with Crippen LogP contribution in [0.3, 0.4) is 0 Å². The van der Waals surface area contributed by atoms with Gasteiger partial charge in [-0.2, -0.15) is 0 Å². The second kappa shape index (κ2) is 8.14. The van der Waals surface area contributed by atoms with E-state index in [2.05, 4.69) is 17.0 Å². The van der Waals surface area contributed by atoms with Gasteiger partial charge >= 0.3 is 6.09 Å². The third-order valence-electron chi connectivity index (χ3n) is 6.87. The van der Waals surface area contributed by atoms with Gasteiger partial charge in [-0.3, -0.25) is 0 Å². The number of halogens is 2. The minimum atomic E-state index is -0.486. The molecule has 3 aliphatic heterocycles. The Bertz CT molecular complexity index is 1060. The molecule has 5 rings (SSSR count). The van der Waals surface area contributed by atoms with Crippen molar-refractivity contribution in [2.75, 3.05) is 24.5 Å². The fraction of sp³-hybridized carbons (Fsp3) is 0.500. The lowest BCUT2D eigenvalue weighted by molar-refractivity contribution is 0.0189. The van der Waals surface area contributed by atoms with Crippen molar-refractivity contribution in [1.82, 2.24) is 4.90 Å². The predicted molar refractivity (Wildman–Crippen MR) is 131 cm³/mol. The summed E-state index contributed by atoms with van der Waals surface area (Å²) in [5.41, 5.74) is 5.81. The number of carbonyl (C=O) groups excluding carboxylic acids is 1. The average Bonchev–Trinajstić information content (AvgIpc) is 2.87. The summed E-state index contributed by atoms with van der Waals surface area (Å²) in [5, 5.41) is 1.31. The lowest BCUT2D eigenvalue weighted by Gasteiger charge is -2.39. The van der Waals surface area contributed by atoms with Crippen LogP contribution in [-0.2, 0) is 11.2 Å². The first-order valence-electron chi connectivity index (χ1n) is 11.6. The zero-order valence-electron chi connectivity index (χ0n) is 19.0. The molecule has 0 spiro atoms. The SMILES string of the molecule is CC(C)(C)OC(=O)N1CC[C@H]2[C@@H](C1)c1cc(-c3ccc(Cl)cc3Cl)cc3c1N2CCCC3. The number of benzene rings is 2. The van der Waals surface area contributed by atoms with Crippen LogP contribution < -0.4 is 4.90 Å². The van der Waals surface area contributed by atoms with Gasteiger partial charge < -0.3 is 14.5 Å². The minimum Gasteiger partial charge on any atom is -0.444 e. The van der Waals surface area contributed by atoms with Gasteiger partial charge in [0.2, 0.25) is 0 Å². The summed E-state index contributed by atoms with van der Waals surface area (Å²) in [5.74, 6) is 0.286. The van der Waals surface area contributed by atoms with Crippen LogP contribution in [0.5, 0.6) is 0 Å². The highest BCUT2D eigenvalue weighted by Gasteiger charge is 2.45. The lowest BCUT2D eigenvalue weighted by atomic mass is 9.86. The lowest BCUT2D eigenvalue weighted by Crippen LogP contribution is -2.49. The van der Waals surface area contributed by atoms with Gasteiger partial charge in [-0.25, -0.2) is 4.79 Å². The monoisotopic (exact) mass is 472 g/mol. The summed E-state index contributed by atoms with van der Waals surface area (Å²) in [4.78, 5) is 17.3. The van der Waals surface area contributed by atoms with Gasteiger partial charge in [0.15, 0.2) is 0 Å². The molecule has 0 radical (unpaired) electrons. The van der Waals surface area contributed by atoms with Gasteiger partial charge in [-0.15, -0.1) is 0 Å². The van der Waals surface area contributed by atoms with Crippen molar-refractivity contribution in [1.29, 1.82) is 0 Å². The maximum Gasteiger partial charge on any atom is 0.410 e. The summed E-state index contributed by atoms with van der Waals surface area (Å²) in [6, 6.07) is 10.8. The van der Waals surface area contributed by atoms with Crippen molar-refractivity contribution >= 4 is 35.0 Å². The predicted octanol–water partition coefficient (Wildman–Crippen LogP) is 6.91. The van der Waals surface area contributed by atoms with E-state index in [1.54, 1.807) is 0 Å². The maximum absolute atomic E-state index is 12.8. The van der Waals surface area contributed by atoms with Crippen LogP contribution in [0.25, 0.3) is 11.1 Å². The van der Waals surface area contributed by atoms with Gasteiger partial charge in [-0.1, -0.05) is 29.3 Å². The van der Waals surface area contributed by atoms with Crippen LogP contribution >= 0.6 is 23.2 Å². The topological polar surface area (TPSA) is 32.8 Å². The van der Waals surface area contributed by atoms with E-state index in [1.165, 1.54) is 29.7 Å². The summed E-state index contributed by atoms with van der Waals surface area (Å²) < 4.78 is 5.69. The smallest absolute Gasteiger partial charge is 0.410 e. The van der Waals surface area contributed by atoms with Gasteiger partial charge in [0.05, 0.1) is 0 Å². The number of hydrogen-bond donors (Lipinski definition) is 0. The van der Waals surface area contributed by atoms with E-state index < -0.39 is 5.60 Å². The zero-order chi connectivity index (χ0) is 22.6. The molecule has 1 saturated heterocycles. The maximum atomic E-state index is 12.8. The summed E-state index contributed by atoms with van der Waals surface area (Å²) in [6.07, 6.45) is 4.23. The summed E-state index contributed by atoms with van der Waals surface area (Å²) in [7, 11) is 0. The van der Waals surface area contributed by atoms with Crippen molar-refractivity contribution in [3.63, 3.8) is 0 Å². The summed E-state index contributed by atoms with van der Waals surface area (Å²) >= 11 is 12.7. The molecule has 0 saturated carbocycles. The highest BCUT2D eigenvalue weighted by Crippen LogP contribution is 2.50. The molecule has 4 nitrogen and oxygen atoms in total. The number of carbonyl (C=O) groups is 1. The van der Waals surface area contributed by atoms with E-state index in [0.717, 1.165) is 37.1 Å². The van der Waals surface area contributed by atoms with Crippen LogP contribution in [-0.4, -0.2) is 42.3 Å². The van der Waals surface area contributed by atoms with E-state index in [9.17, 15) is 4.79 Å². The standard InChI is InChI=1S/C26H30Cl2N2O2/c1-26(2,3)32-25(31)29-11-9-23-21(15-29)20-13-17(19-8-7-18(27)14-22(19)28)12-16-6-4-5-10-30(23)24(16)20/h7-8,12-14,21,23H,4-6,9-11,15H2,1-3H3/t21-,23-/m0/s1. The Balaban J connectivity index is 1.55. The molecule has 0 unspecified atom stereocenters. The van der Waals surface area contributed by atoms with Crippen LogP contribution in [0, 0.1) is 0 Å². The van der Waals surface area contributed by atoms with Gasteiger partial charge in [0.25, 0.3) is 0 Å². The molecule has 0 aliphatic carbocycles. The molecule has 0 bridgehead atoms. The third kappa shape index (κ3) is 3.97. The van der Waals surface area contributed by atoms with Gasteiger partial charge in [-0.05, 0) is 87.4 Å². The van der Waals surface area contributed by atoms with E-state index in [0.29, 0.717) is 22.6 Å². The van der Waals surface area contributed by atoms with Gasteiger partial charge in [0.1, 0.15) is 5.60 Å². The Morgan fingerprint density at radius 3 is 2.66 bits per heavy atom. The average molecular weight is 473 g/mol. The van der Waals surface area contributed by atoms with Crippen molar-refractivity contribution in [3.05, 3.63) is 51.5 Å². The van der Waals surface area contributed by atoms with Crippen molar-refractivity contribution in [3.8, 4) is 11.1 Å². The van der Waals surface area contributed by atoms with Crippen molar-refractivity contribution < 1.29 is 9.53 Å². The molecule has 3 aliphatic rings. The summed E-state index contributed by atoms with van der Waals surface area (Å²) in [6.45, 7) is 8.29. The van der Waals surface area contributed by atoms with E-state index in [4.69, 9.17) is 27.9 Å². The second-order valence-corrected chi connectivity index (χ2v) is 11.1. The molecule has 1 fully saturated rings. The molecular weight excluding hydrogens is 443 g/mol. The number of ether oxygens (including phenoxy) is 1.